The topological polar surface area (TPSA) is 189 Å². The minimum Gasteiger partial charge on any atom is -0.478 e. The molecule has 0 aromatic heterocycles. The van der Waals surface area contributed by atoms with Crippen LogP contribution in [0.4, 0.5) is 0 Å². The van der Waals surface area contributed by atoms with Gasteiger partial charge in [-0.15, -0.1) is 0 Å². The molecule has 188 valence electrons. The monoisotopic (exact) mass is 498 g/mol. The number of nitrogens with one attached hydrogen (secondary N) is 2. The Balaban J connectivity index is 1.97. The largest absolute Gasteiger partial charge is 0.478 e. The van der Waals surface area contributed by atoms with Gasteiger partial charge in [-0.1, -0.05) is 0 Å². The van der Waals surface area contributed by atoms with Crippen LogP contribution < -0.4 is 10.8 Å². The van der Waals surface area contributed by atoms with E-state index >= 15 is 0 Å². The third-order valence-electron chi connectivity index (χ3n) is 4.62. The van der Waals surface area contributed by atoms with Crippen molar-refractivity contribution < 1.29 is 48.9 Å². The van der Waals surface area contributed by atoms with Gasteiger partial charge >= 0.3 is 17.9 Å². The number of carbonyl (C=O) groups is 5. The molecule has 0 saturated heterocycles. The molecule has 0 atom stereocenters. The molecule has 36 heavy (non-hydrogen) atoms. The van der Waals surface area contributed by atoms with E-state index in [1.807, 2.05) is 5.92 Å². The Morgan fingerprint density at radius 3 is 2.19 bits per heavy atom. The first kappa shape index (κ1) is 27.5. The van der Waals surface area contributed by atoms with Crippen LogP contribution in [0.2, 0.25) is 0 Å². The van der Waals surface area contributed by atoms with Crippen molar-refractivity contribution in [2.24, 2.45) is 0 Å². The third kappa shape index (κ3) is 7.39. The quantitative estimate of drug-likeness (QED) is 0.0930. The highest BCUT2D eigenvalue weighted by atomic mass is 16.6. The highest BCUT2D eigenvalue weighted by molar-refractivity contribution is 6.12. The SMILES string of the molecule is CCOC(=O)c1ccc(C(=O)O)c(CONCCNC(=O)c2cc(C(=O)C#CO)ccc2C(=O)O)c1. The van der Waals surface area contributed by atoms with Crippen LogP contribution in [0.15, 0.2) is 36.4 Å². The number of hydrogen-bond acceptors (Lipinski definition) is 9. The van der Waals surface area contributed by atoms with E-state index < -0.39 is 29.6 Å². The number of hydrogen-bond donors (Lipinski definition) is 5. The maximum atomic E-state index is 12.5. The highest BCUT2D eigenvalue weighted by Crippen LogP contribution is 2.15. The lowest BCUT2D eigenvalue weighted by Gasteiger charge is -2.11. The molecule has 12 nitrogen and oxygen atoms in total. The van der Waals surface area contributed by atoms with Gasteiger partial charge in [0.15, 0.2) is 0 Å². The number of ketones is 1. The Morgan fingerprint density at radius 1 is 0.889 bits per heavy atom. The van der Waals surface area contributed by atoms with E-state index in [0.717, 1.165) is 12.1 Å². The average Bonchev–Trinajstić information content (AvgIpc) is 2.85. The van der Waals surface area contributed by atoms with Gasteiger partial charge in [-0.2, -0.15) is 0 Å². The zero-order valence-electron chi connectivity index (χ0n) is 19.0. The molecular formula is C24H22N2O10. The summed E-state index contributed by atoms with van der Waals surface area (Å²) in [7, 11) is 0. The molecule has 0 spiro atoms. The van der Waals surface area contributed by atoms with E-state index in [1.54, 1.807) is 6.92 Å². The number of rotatable bonds is 12. The molecule has 1 amide bonds. The number of benzene rings is 2. The Kier molecular flexibility index (Phi) is 10.1. The van der Waals surface area contributed by atoms with Gasteiger partial charge in [-0.05, 0) is 48.9 Å². The van der Waals surface area contributed by atoms with Crippen LogP contribution in [0, 0.1) is 12.0 Å². The second kappa shape index (κ2) is 13.2. The normalized spacial score (nSPS) is 10.0. The number of carboxylic acids is 2. The van der Waals surface area contributed by atoms with Gasteiger partial charge in [0.05, 0.1) is 35.5 Å². The van der Waals surface area contributed by atoms with Crippen molar-refractivity contribution in [1.29, 1.82) is 0 Å². The number of aliphatic hydroxyl groups is 1. The summed E-state index contributed by atoms with van der Waals surface area (Å²) in [5, 5.41) is 29.7. The van der Waals surface area contributed by atoms with Gasteiger partial charge in [-0.3, -0.25) is 14.4 Å². The van der Waals surface area contributed by atoms with Gasteiger partial charge in [0.25, 0.3) is 5.91 Å². The highest BCUT2D eigenvalue weighted by Gasteiger charge is 2.19. The molecule has 5 N–H and O–H groups in total. The number of amides is 1. The molecule has 0 aliphatic rings. The van der Waals surface area contributed by atoms with Crippen molar-refractivity contribution in [3.05, 3.63) is 69.8 Å². The fourth-order valence-electron chi connectivity index (χ4n) is 2.97. The number of esters is 1. The van der Waals surface area contributed by atoms with Gasteiger partial charge in [0.2, 0.25) is 5.78 Å². The molecule has 0 saturated carbocycles. The Morgan fingerprint density at radius 2 is 1.56 bits per heavy atom. The molecule has 0 fully saturated rings. The van der Waals surface area contributed by atoms with Gasteiger partial charge in [0.1, 0.15) is 6.11 Å². The Hall–Kier alpha value is -4.73. The van der Waals surface area contributed by atoms with E-state index in [-0.39, 0.29) is 59.7 Å². The third-order valence-corrected chi connectivity index (χ3v) is 4.62. The second-order valence-corrected chi connectivity index (χ2v) is 6.97. The van der Waals surface area contributed by atoms with E-state index in [0.29, 0.717) is 0 Å². The van der Waals surface area contributed by atoms with Crippen LogP contribution in [0.3, 0.4) is 0 Å². The fraction of sp³-hybridized carbons (Fsp3) is 0.208. The number of ether oxygens (including phenoxy) is 1. The van der Waals surface area contributed by atoms with Crippen molar-refractivity contribution in [2.45, 2.75) is 13.5 Å². The summed E-state index contributed by atoms with van der Waals surface area (Å²) in [4.78, 5) is 64.3. The molecule has 0 heterocycles. The lowest BCUT2D eigenvalue weighted by atomic mass is 10.0. The Labute approximate surface area is 204 Å². The van der Waals surface area contributed by atoms with Crippen LogP contribution in [0.5, 0.6) is 0 Å². The van der Waals surface area contributed by atoms with E-state index in [4.69, 9.17) is 14.7 Å². The predicted molar refractivity (Wildman–Crippen MR) is 122 cm³/mol. The first-order valence-corrected chi connectivity index (χ1v) is 10.4. The number of hydroxylamine groups is 1. The lowest BCUT2D eigenvalue weighted by molar-refractivity contribution is 0.0277. The molecule has 0 bridgehead atoms. The number of Topliss-reactive ketones (excluding diaryl/α,β-unsaturated/α-hetero) is 1. The lowest BCUT2D eigenvalue weighted by Crippen LogP contribution is -2.33. The second-order valence-electron chi connectivity index (χ2n) is 6.97. The average molecular weight is 498 g/mol. The molecule has 12 heteroatoms. The van der Waals surface area contributed by atoms with Crippen LogP contribution in [-0.4, -0.2) is 64.6 Å². The van der Waals surface area contributed by atoms with Crippen molar-refractivity contribution >= 4 is 29.6 Å². The molecule has 2 aromatic carbocycles. The smallest absolute Gasteiger partial charge is 0.338 e. The Bertz CT molecular complexity index is 1240. The first-order valence-electron chi connectivity index (χ1n) is 10.4. The maximum absolute atomic E-state index is 12.5. The summed E-state index contributed by atoms with van der Waals surface area (Å²) in [6, 6.07) is 7.24. The summed E-state index contributed by atoms with van der Waals surface area (Å²) in [5.74, 6) is -2.90. The van der Waals surface area contributed by atoms with E-state index in [2.05, 4.69) is 10.8 Å². The molecule has 0 aliphatic carbocycles. The van der Waals surface area contributed by atoms with Crippen LogP contribution in [-0.2, 0) is 16.2 Å². The van der Waals surface area contributed by atoms with Crippen molar-refractivity contribution in [3.8, 4) is 12.0 Å². The summed E-state index contributed by atoms with van der Waals surface area (Å²) in [6.07, 6.45) is 1.45. The van der Waals surface area contributed by atoms with Crippen LogP contribution >= 0.6 is 0 Å². The van der Waals surface area contributed by atoms with Crippen molar-refractivity contribution in [3.63, 3.8) is 0 Å². The van der Waals surface area contributed by atoms with E-state index in [1.165, 1.54) is 30.4 Å². The summed E-state index contributed by atoms with van der Waals surface area (Å²) in [6.45, 7) is 1.59. The molecule has 2 aromatic rings. The number of carbonyl (C=O) groups excluding carboxylic acids is 3. The molecule has 0 aliphatic heterocycles. The number of aromatic carboxylic acids is 2. The maximum Gasteiger partial charge on any atom is 0.338 e. The minimum absolute atomic E-state index is 0.0266. The first-order chi connectivity index (χ1) is 17.2. The van der Waals surface area contributed by atoms with Gasteiger partial charge in [-0.25, -0.2) is 19.9 Å². The van der Waals surface area contributed by atoms with Gasteiger partial charge < -0.3 is 25.4 Å². The van der Waals surface area contributed by atoms with Crippen LogP contribution in [0.1, 0.15) is 64.3 Å². The molecule has 2 rings (SSSR count). The summed E-state index contributed by atoms with van der Waals surface area (Å²) >= 11 is 0. The summed E-state index contributed by atoms with van der Waals surface area (Å²) in [5.41, 5.74) is 2.13. The molecule has 0 unspecified atom stereocenters. The standard InChI is InChI=1S/C24H22N2O10/c1-2-35-24(34)15-4-5-17(22(30)31)16(11-15)13-36-26-9-8-25-21(29)19-12-14(20(28)7-10-27)3-6-18(19)23(32)33/h3-6,11-12,26-27H,2,8-9,13H2,1H3,(H,25,29)(H,30,31)(H,32,33). The van der Waals surface area contributed by atoms with Crippen LogP contribution in [0.25, 0.3) is 0 Å². The zero-order chi connectivity index (χ0) is 26.7. The fourth-order valence-corrected chi connectivity index (χ4v) is 2.97. The van der Waals surface area contributed by atoms with Gasteiger partial charge in [0, 0.05) is 24.6 Å². The summed E-state index contributed by atoms with van der Waals surface area (Å²) < 4.78 is 4.90. The predicted octanol–water partition coefficient (Wildman–Crippen LogP) is 1.23. The zero-order valence-corrected chi connectivity index (χ0v) is 19.0. The minimum atomic E-state index is -1.38. The van der Waals surface area contributed by atoms with Crippen molar-refractivity contribution in [2.75, 3.05) is 19.7 Å². The van der Waals surface area contributed by atoms with Crippen molar-refractivity contribution in [1.82, 2.24) is 10.8 Å². The molecule has 0 radical (unpaired) electrons. The number of aliphatic hydroxyl groups excluding tert-OH is 1. The van der Waals surface area contributed by atoms with E-state index in [9.17, 15) is 34.2 Å². The number of carboxylic acid groups (broad SMARTS) is 2. The molecular weight excluding hydrogens is 476 g/mol.